The molecular formula is C11H16N5O5PS. The first-order chi connectivity index (χ1) is 11.0. The molecule has 0 saturated carbocycles. The SMILES string of the molecule is COP(O)(=S)OCC1COC[C@H](n2cnc3c(N)ncnc32)O1. The number of nitrogens with two attached hydrogens (primary N) is 1. The van der Waals surface area contributed by atoms with Crippen molar-refractivity contribution in [1.29, 1.82) is 0 Å². The molecule has 23 heavy (non-hydrogen) atoms. The van der Waals surface area contributed by atoms with Crippen molar-refractivity contribution in [1.82, 2.24) is 19.5 Å². The van der Waals surface area contributed by atoms with Crippen LogP contribution >= 0.6 is 6.72 Å². The van der Waals surface area contributed by atoms with Gasteiger partial charge in [0.15, 0.2) is 17.7 Å². The zero-order chi connectivity index (χ0) is 16.4. The maximum absolute atomic E-state index is 9.61. The standard InChI is InChI=1S/C11H16N5O5PS/c1-18-22(17,23)20-3-7-2-19-4-8(21-7)16-6-15-9-10(12)13-5-14-11(9)16/h5-8H,2-4H2,1H3,(H,17,23)(H2,12,13,14)/t7?,8-,22?/m1/s1. The van der Waals surface area contributed by atoms with Crippen LogP contribution in [0.15, 0.2) is 12.7 Å². The van der Waals surface area contributed by atoms with Crippen LogP contribution in [0.2, 0.25) is 0 Å². The second-order valence-electron chi connectivity index (χ2n) is 4.78. The molecule has 10 nitrogen and oxygen atoms in total. The summed E-state index contributed by atoms with van der Waals surface area (Å²) in [6.07, 6.45) is 2.07. The van der Waals surface area contributed by atoms with E-state index in [0.717, 1.165) is 0 Å². The predicted octanol–water partition coefficient (Wildman–Crippen LogP) is 0.202. The lowest BCUT2D eigenvalue weighted by atomic mass is 10.3. The Morgan fingerprint density at radius 3 is 3.09 bits per heavy atom. The molecule has 3 N–H and O–H groups in total. The summed E-state index contributed by atoms with van der Waals surface area (Å²) in [4.78, 5) is 21.9. The second-order valence-corrected chi connectivity index (χ2v) is 7.72. The molecule has 12 heteroatoms. The predicted molar refractivity (Wildman–Crippen MR) is 83.9 cm³/mol. The van der Waals surface area contributed by atoms with Crippen LogP contribution in [0.4, 0.5) is 5.82 Å². The van der Waals surface area contributed by atoms with E-state index in [1.807, 2.05) is 0 Å². The number of fused-ring (bicyclic) bond motifs is 1. The van der Waals surface area contributed by atoms with Gasteiger partial charge in [0, 0.05) is 7.11 Å². The van der Waals surface area contributed by atoms with Crippen LogP contribution in [-0.4, -0.2) is 57.4 Å². The van der Waals surface area contributed by atoms with Gasteiger partial charge in [0.1, 0.15) is 17.9 Å². The third-order valence-corrected chi connectivity index (χ3v) is 4.97. The normalized spacial score (nSPS) is 24.6. The zero-order valence-corrected chi connectivity index (χ0v) is 13.9. The molecule has 1 aliphatic heterocycles. The van der Waals surface area contributed by atoms with Crippen LogP contribution in [0, 0.1) is 0 Å². The number of nitrogen functional groups attached to an aromatic ring is 1. The number of hydrogen-bond acceptors (Lipinski definition) is 9. The van der Waals surface area contributed by atoms with Gasteiger partial charge >= 0.3 is 6.72 Å². The Labute approximate surface area is 136 Å². The monoisotopic (exact) mass is 361 g/mol. The molecule has 1 saturated heterocycles. The molecule has 1 fully saturated rings. The number of aromatic nitrogens is 4. The lowest BCUT2D eigenvalue weighted by Crippen LogP contribution is -2.36. The first-order valence-corrected chi connectivity index (χ1v) is 9.28. The highest BCUT2D eigenvalue weighted by atomic mass is 32.5. The molecule has 2 aromatic heterocycles. The quantitative estimate of drug-likeness (QED) is 0.713. The van der Waals surface area contributed by atoms with E-state index in [4.69, 9.17) is 36.1 Å². The molecule has 0 radical (unpaired) electrons. The van der Waals surface area contributed by atoms with Crippen molar-refractivity contribution in [2.75, 3.05) is 32.7 Å². The Morgan fingerprint density at radius 2 is 2.30 bits per heavy atom. The maximum Gasteiger partial charge on any atom is 0.324 e. The summed E-state index contributed by atoms with van der Waals surface area (Å²) >= 11 is 4.78. The molecular weight excluding hydrogens is 345 g/mol. The van der Waals surface area contributed by atoms with Gasteiger partial charge in [0.25, 0.3) is 0 Å². The highest BCUT2D eigenvalue weighted by molar-refractivity contribution is 8.07. The summed E-state index contributed by atoms with van der Waals surface area (Å²) in [6.45, 7) is -2.53. The topological polar surface area (TPSA) is 127 Å². The Kier molecular flexibility index (Phi) is 4.87. The summed E-state index contributed by atoms with van der Waals surface area (Å²) < 4.78 is 23.0. The van der Waals surface area contributed by atoms with Crippen LogP contribution in [-0.2, 0) is 30.3 Å². The summed E-state index contributed by atoms with van der Waals surface area (Å²) in [7, 11) is 1.30. The minimum atomic E-state index is -3.22. The van der Waals surface area contributed by atoms with E-state index in [1.54, 1.807) is 10.9 Å². The number of ether oxygens (including phenoxy) is 2. The average molecular weight is 361 g/mol. The molecule has 0 aliphatic carbocycles. The average Bonchev–Trinajstić information content (AvgIpc) is 2.99. The molecule has 2 unspecified atom stereocenters. The number of nitrogens with zero attached hydrogens (tertiary/aromatic N) is 4. The van der Waals surface area contributed by atoms with Gasteiger partial charge in [0.2, 0.25) is 0 Å². The van der Waals surface area contributed by atoms with Gasteiger partial charge in [-0.25, -0.2) is 15.0 Å². The van der Waals surface area contributed by atoms with Crippen molar-refractivity contribution < 1.29 is 23.4 Å². The van der Waals surface area contributed by atoms with Gasteiger partial charge in [-0.05, 0) is 11.8 Å². The fraction of sp³-hybridized carbons (Fsp3) is 0.545. The summed E-state index contributed by atoms with van der Waals surface area (Å²) in [5.41, 5.74) is 6.82. The first kappa shape index (κ1) is 16.7. The number of imidazole rings is 1. The molecule has 0 aromatic carbocycles. The van der Waals surface area contributed by atoms with Crippen LogP contribution < -0.4 is 5.73 Å². The van der Waals surface area contributed by atoms with E-state index in [0.29, 0.717) is 30.2 Å². The summed E-state index contributed by atoms with van der Waals surface area (Å²) in [5.74, 6) is 0.298. The molecule has 1 aliphatic rings. The Hall–Kier alpha value is -1.20. The van der Waals surface area contributed by atoms with Crippen LogP contribution in [0.1, 0.15) is 6.23 Å². The fourth-order valence-corrected chi connectivity index (χ4v) is 2.79. The molecule has 3 atom stereocenters. The minimum absolute atomic E-state index is 0.0574. The van der Waals surface area contributed by atoms with Crippen molar-refractivity contribution in [2.24, 2.45) is 0 Å². The van der Waals surface area contributed by atoms with Gasteiger partial charge in [-0.3, -0.25) is 4.57 Å². The molecule has 126 valence electrons. The maximum atomic E-state index is 9.61. The lowest BCUT2D eigenvalue weighted by molar-refractivity contribution is -0.175. The van der Waals surface area contributed by atoms with Crippen LogP contribution in [0.5, 0.6) is 0 Å². The van der Waals surface area contributed by atoms with E-state index in [2.05, 4.69) is 15.0 Å². The van der Waals surface area contributed by atoms with Gasteiger partial charge in [0.05, 0.1) is 26.1 Å². The van der Waals surface area contributed by atoms with E-state index in [1.165, 1.54) is 13.4 Å². The molecule has 0 bridgehead atoms. The summed E-state index contributed by atoms with van der Waals surface area (Å²) in [5, 5.41) is 0. The van der Waals surface area contributed by atoms with Crippen molar-refractivity contribution in [3.8, 4) is 0 Å². The third-order valence-electron chi connectivity index (χ3n) is 3.27. The molecule has 3 rings (SSSR count). The van der Waals surface area contributed by atoms with Crippen LogP contribution in [0.3, 0.4) is 0 Å². The van der Waals surface area contributed by atoms with E-state index < -0.39 is 19.1 Å². The van der Waals surface area contributed by atoms with Crippen molar-refractivity contribution in [3.63, 3.8) is 0 Å². The van der Waals surface area contributed by atoms with Gasteiger partial charge < -0.3 is 29.1 Å². The molecule has 3 heterocycles. The van der Waals surface area contributed by atoms with Crippen molar-refractivity contribution in [3.05, 3.63) is 12.7 Å². The number of rotatable bonds is 5. The van der Waals surface area contributed by atoms with E-state index in [-0.39, 0.29) is 6.61 Å². The number of hydrogen-bond donors (Lipinski definition) is 2. The molecule has 2 aromatic rings. The van der Waals surface area contributed by atoms with E-state index >= 15 is 0 Å². The largest absolute Gasteiger partial charge is 0.382 e. The first-order valence-electron chi connectivity index (χ1n) is 6.69. The minimum Gasteiger partial charge on any atom is -0.382 e. The Morgan fingerprint density at radius 1 is 1.48 bits per heavy atom. The van der Waals surface area contributed by atoms with E-state index in [9.17, 15) is 4.89 Å². The molecule has 0 amide bonds. The number of anilines is 1. The second kappa shape index (κ2) is 6.73. The van der Waals surface area contributed by atoms with Gasteiger partial charge in [-0.2, -0.15) is 0 Å². The fourth-order valence-electron chi connectivity index (χ4n) is 2.15. The highest BCUT2D eigenvalue weighted by Gasteiger charge is 2.28. The van der Waals surface area contributed by atoms with Crippen LogP contribution in [0.25, 0.3) is 11.2 Å². The smallest absolute Gasteiger partial charge is 0.324 e. The van der Waals surface area contributed by atoms with Gasteiger partial charge in [-0.15, -0.1) is 0 Å². The van der Waals surface area contributed by atoms with Gasteiger partial charge in [-0.1, -0.05) is 0 Å². The molecule has 0 spiro atoms. The Bertz CT molecular complexity index is 743. The zero-order valence-electron chi connectivity index (χ0n) is 12.2. The highest BCUT2D eigenvalue weighted by Crippen LogP contribution is 2.42. The van der Waals surface area contributed by atoms with Crippen molar-refractivity contribution in [2.45, 2.75) is 12.3 Å². The third kappa shape index (κ3) is 3.66. The Balaban J connectivity index is 1.73. The van der Waals surface area contributed by atoms with Crippen molar-refractivity contribution >= 4 is 35.5 Å². The summed E-state index contributed by atoms with van der Waals surface area (Å²) in [6, 6.07) is 0. The lowest BCUT2D eigenvalue weighted by Gasteiger charge is -2.31.